The molecule has 0 aromatic heterocycles. The SMILES string of the molecule is CCOCc1ccccc1NC(=O)NC1CCCCC1CO. The van der Waals surface area contributed by atoms with Crippen LogP contribution in [0.2, 0.25) is 0 Å². The summed E-state index contributed by atoms with van der Waals surface area (Å²) in [5, 5.41) is 15.3. The summed E-state index contributed by atoms with van der Waals surface area (Å²) in [6.07, 6.45) is 4.13. The lowest BCUT2D eigenvalue weighted by Crippen LogP contribution is -2.45. The van der Waals surface area contributed by atoms with Crippen molar-refractivity contribution in [2.45, 2.75) is 45.3 Å². The van der Waals surface area contributed by atoms with Crippen molar-refractivity contribution in [3.63, 3.8) is 0 Å². The van der Waals surface area contributed by atoms with E-state index in [1.165, 1.54) is 0 Å². The van der Waals surface area contributed by atoms with Crippen molar-refractivity contribution < 1.29 is 14.6 Å². The second-order valence-electron chi connectivity index (χ2n) is 5.73. The minimum Gasteiger partial charge on any atom is -0.396 e. The average molecular weight is 306 g/mol. The molecule has 0 spiro atoms. The summed E-state index contributed by atoms with van der Waals surface area (Å²) >= 11 is 0. The fraction of sp³-hybridized carbons (Fsp3) is 0.588. The largest absolute Gasteiger partial charge is 0.396 e. The molecule has 0 bridgehead atoms. The van der Waals surface area contributed by atoms with E-state index in [9.17, 15) is 9.90 Å². The first-order valence-corrected chi connectivity index (χ1v) is 8.08. The van der Waals surface area contributed by atoms with Gasteiger partial charge in [0.05, 0.1) is 6.61 Å². The van der Waals surface area contributed by atoms with Crippen molar-refractivity contribution in [2.24, 2.45) is 5.92 Å². The molecule has 2 amide bonds. The molecule has 1 aliphatic rings. The van der Waals surface area contributed by atoms with Crippen molar-refractivity contribution >= 4 is 11.7 Å². The van der Waals surface area contributed by atoms with Crippen molar-refractivity contribution in [2.75, 3.05) is 18.5 Å². The van der Waals surface area contributed by atoms with E-state index in [1.54, 1.807) is 0 Å². The quantitative estimate of drug-likeness (QED) is 0.757. The zero-order chi connectivity index (χ0) is 15.8. The number of urea groups is 1. The van der Waals surface area contributed by atoms with E-state index < -0.39 is 0 Å². The zero-order valence-electron chi connectivity index (χ0n) is 13.2. The zero-order valence-corrected chi connectivity index (χ0v) is 13.2. The molecule has 0 heterocycles. The van der Waals surface area contributed by atoms with Gasteiger partial charge in [-0.2, -0.15) is 0 Å². The highest BCUT2D eigenvalue weighted by Gasteiger charge is 2.25. The van der Waals surface area contributed by atoms with Gasteiger partial charge in [-0.1, -0.05) is 31.0 Å². The summed E-state index contributed by atoms with van der Waals surface area (Å²) < 4.78 is 5.42. The Morgan fingerprint density at radius 2 is 2.09 bits per heavy atom. The first kappa shape index (κ1) is 16.8. The van der Waals surface area contributed by atoms with Gasteiger partial charge in [0.2, 0.25) is 0 Å². The maximum atomic E-state index is 12.2. The molecule has 1 aromatic carbocycles. The highest BCUT2D eigenvalue weighted by molar-refractivity contribution is 5.90. The van der Waals surface area contributed by atoms with E-state index in [1.807, 2.05) is 31.2 Å². The predicted octanol–water partition coefficient (Wildman–Crippen LogP) is 2.90. The number of para-hydroxylation sites is 1. The smallest absolute Gasteiger partial charge is 0.319 e. The second-order valence-corrected chi connectivity index (χ2v) is 5.73. The summed E-state index contributed by atoms with van der Waals surface area (Å²) in [6, 6.07) is 7.48. The van der Waals surface area contributed by atoms with Crippen molar-refractivity contribution in [3.8, 4) is 0 Å². The molecule has 5 heteroatoms. The van der Waals surface area contributed by atoms with Gasteiger partial charge < -0.3 is 20.5 Å². The molecule has 0 saturated heterocycles. The summed E-state index contributed by atoms with van der Waals surface area (Å²) in [5.41, 5.74) is 1.73. The number of amides is 2. The fourth-order valence-electron chi connectivity index (χ4n) is 2.92. The molecule has 2 rings (SSSR count). The van der Waals surface area contributed by atoms with Crippen LogP contribution in [0.1, 0.15) is 38.2 Å². The highest BCUT2D eigenvalue weighted by atomic mass is 16.5. The Bertz CT molecular complexity index is 479. The van der Waals surface area contributed by atoms with Crippen molar-refractivity contribution in [1.29, 1.82) is 0 Å². The summed E-state index contributed by atoms with van der Waals surface area (Å²) in [7, 11) is 0. The molecule has 2 unspecified atom stereocenters. The summed E-state index contributed by atoms with van der Waals surface area (Å²) in [4.78, 5) is 12.2. The lowest BCUT2D eigenvalue weighted by atomic mass is 9.85. The molecular formula is C17H26N2O3. The number of hydrogen-bond donors (Lipinski definition) is 3. The lowest BCUT2D eigenvalue weighted by molar-refractivity contribution is 0.134. The maximum absolute atomic E-state index is 12.2. The number of anilines is 1. The Labute approximate surface area is 132 Å². The molecule has 0 aliphatic heterocycles. The average Bonchev–Trinajstić information content (AvgIpc) is 2.54. The second kappa shape index (κ2) is 8.76. The molecule has 0 radical (unpaired) electrons. The maximum Gasteiger partial charge on any atom is 0.319 e. The molecule has 122 valence electrons. The van der Waals surface area contributed by atoms with Crippen molar-refractivity contribution in [1.82, 2.24) is 5.32 Å². The first-order valence-electron chi connectivity index (χ1n) is 8.08. The van der Waals surface area contributed by atoms with Gasteiger partial charge in [0, 0.05) is 36.4 Å². The van der Waals surface area contributed by atoms with E-state index in [0.717, 1.165) is 36.9 Å². The van der Waals surface area contributed by atoms with Crippen LogP contribution in [-0.2, 0) is 11.3 Å². The topological polar surface area (TPSA) is 70.6 Å². The van der Waals surface area contributed by atoms with Crippen molar-refractivity contribution in [3.05, 3.63) is 29.8 Å². The third-order valence-electron chi connectivity index (χ3n) is 4.19. The van der Waals surface area contributed by atoms with Gasteiger partial charge in [0.15, 0.2) is 0 Å². The number of hydrogen-bond acceptors (Lipinski definition) is 3. The summed E-state index contributed by atoms with van der Waals surface area (Å²) in [6.45, 7) is 3.20. The van der Waals surface area contributed by atoms with E-state index in [2.05, 4.69) is 10.6 Å². The van der Waals surface area contributed by atoms with Gasteiger partial charge in [0.1, 0.15) is 0 Å². The number of ether oxygens (including phenoxy) is 1. The molecular weight excluding hydrogens is 280 g/mol. The Morgan fingerprint density at radius 3 is 2.86 bits per heavy atom. The summed E-state index contributed by atoms with van der Waals surface area (Å²) in [5.74, 6) is 0.165. The molecule has 22 heavy (non-hydrogen) atoms. The number of rotatable bonds is 6. The molecule has 1 fully saturated rings. The predicted molar refractivity (Wildman–Crippen MR) is 86.8 cm³/mol. The van der Waals surface area contributed by atoms with Gasteiger partial charge in [-0.25, -0.2) is 4.79 Å². The highest BCUT2D eigenvalue weighted by Crippen LogP contribution is 2.24. The van der Waals surface area contributed by atoms with Crippen LogP contribution in [-0.4, -0.2) is 30.4 Å². The van der Waals surface area contributed by atoms with Crippen LogP contribution < -0.4 is 10.6 Å². The molecule has 1 aromatic rings. The Morgan fingerprint density at radius 1 is 1.32 bits per heavy atom. The van der Waals surface area contributed by atoms with E-state index in [4.69, 9.17) is 4.74 Å². The van der Waals surface area contributed by atoms with Crippen LogP contribution in [0.3, 0.4) is 0 Å². The Kier molecular flexibility index (Phi) is 6.68. The lowest BCUT2D eigenvalue weighted by Gasteiger charge is -2.30. The van der Waals surface area contributed by atoms with Crippen LogP contribution in [0.15, 0.2) is 24.3 Å². The van der Waals surface area contributed by atoms with Crippen LogP contribution in [0.4, 0.5) is 10.5 Å². The third kappa shape index (κ3) is 4.71. The van der Waals surface area contributed by atoms with Crippen LogP contribution in [0, 0.1) is 5.92 Å². The van der Waals surface area contributed by atoms with Gasteiger partial charge >= 0.3 is 6.03 Å². The van der Waals surface area contributed by atoms with Gasteiger partial charge in [-0.15, -0.1) is 0 Å². The number of aliphatic hydroxyl groups is 1. The monoisotopic (exact) mass is 306 g/mol. The van der Waals surface area contributed by atoms with E-state index >= 15 is 0 Å². The minimum atomic E-state index is -0.214. The molecule has 1 aliphatic carbocycles. The molecule has 1 saturated carbocycles. The first-order chi connectivity index (χ1) is 10.7. The molecule has 5 nitrogen and oxygen atoms in total. The number of carbonyl (C=O) groups is 1. The molecule has 3 N–H and O–H groups in total. The van der Waals surface area contributed by atoms with Crippen LogP contribution >= 0.6 is 0 Å². The number of aliphatic hydroxyl groups excluding tert-OH is 1. The normalized spacial score (nSPS) is 21.4. The number of benzene rings is 1. The van der Waals surface area contributed by atoms with Crippen LogP contribution in [0.5, 0.6) is 0 Å². The van der Waals surface area contributed by atoms with Gasteiger partial charge in [0.25, 0.3) is 0 Å². The Balaban J connectivity index is 1.94. The van der Waals surface area contributed by atoms with E-state index in [-0.39, 0.29) is 24.6 Å². The Hall–Kier alpha value is -1.59. The van der Waals surface area contributed by atoms with Crippen LogP contribution in [0.25, 0.3) is 0 Å². The third-order valence-corrected chi connectivity index (χ3v) is 4.19. The fourth-order valence-corrected chi connectivity index (χ4v) is 2.92. The minimum absolute atomic E-state index is 0.0535. The standard InChI is InChI=1S/C17H26N2O3/c1-2-22-12-14-8-4-6-10-16(14)19-17(21)18-15-9-5-3-7-13(15)11-20/h4,6,8,10,13,15,20H,2-3,5,7,9,11-12H2,1H3,(H2,18,19,21). The molecule has 2 atom stereocenters. The number of carbonyl (C=O) groups excluding carboxylic acids is 1. The van der Waals surface area contributed by atoms with Gasteiger partial charge in [-0.3, -0.25) is 0 Å². The van der Waals surface area contributed by atoms with Gasteiger partial charge in [-0.05, 0) is 25.8 Å². The van der Waals surface area contributed by atoms with E-state index in [0.29, 0.717) is 13.2 Å². The number of nitrogens with one attached hydrogen (secondary N) is 2.